The van der Waals surface area contributed by atoms with Crippen molar-refractivity contribution in [2.24, 2.45) is 5.92 Å². The van der Waals surface area contributed by atoms with Crippen LogP contribution in [0.4, 0.5) is 0 Å². The van der Waals surface area contributed by atoms with E-state index >= 15 is 0 Å². The van der Waals surface area contributed by atoms with Crippen molar-refractivity contribution in [3.8, 4) is 0 Å². The Morgan fingerprint density at radius 1 is 1.36 bits per heavy atom. The molecule has 1 aliphatic carbocycles. The molecule has 2 rings (SSSR count). The third-order valence-corrected chi connectivity index (χ3v) is 2.42. The Morgan fingerprint density at radius 2 is 2.18 bits per heavy atom. The van der Waals surface area contributed by atoms with Crippen LogP contribution in [-0.4, -0.2) is 37.0 Å². The van der Waals surface area contributed by atoms with Crippen LogP contribution in [0, 0.1) is 5.92 Å². The van der Waals surface area contributed by atoms with Crippen LogP contribution < -0.4 is 5.32 Å². The van der Waals surface area contributed by atoms with Gasteiger partial charge in [0, 0.05) is 0 Å². The van der Waals surface area contributed by atoms with Crippen molar-refractivity contribution in [2.75, 3.05) is 19.8 Å². The molecular formula is C8H15NO2. The second kappa shape index (κ2) is 3.09. The van der Waals surface area contributed by atoms with E-state index < -0.39 is 0 Å². The highest BCUT2D eigenvalue weighted by Gasteiger charge is 2.28. The van der Waals surface area contributed by atoms with Gasteiger partial charge in [0.05, 0.1) is 25.4 Å². The zero-order chi connectivity index (χ0) is 7.68. The molecule has 1 saturated carbocycles. The van der Waals surface area contributed by atoms with Crippen molar-refractivity contribution < 1.29 is 9.84 Å². The number of aliphatic hydroxyl groups excluding tert-OH is 1. The summed E-state index contributed by atoms with van der Waals surface area (Å²) in [6.07, 6.45) is 2.43. The topological polar surface area (TPSA) is 41.5 Å². The SMILES string of the molecule is O[C@@H]1COC[C@H]1NCC1CC1. The van der Waals surface area contributed by atoms with E-state index in [1.807, 2.05) is 0 Å². The average Bonchev–Trinajstić information content (AvgIpc) is 2.73. The number of hydrogen-bond donors (Lipinski definition) is 2. The number of ether oxygens (including phenoxy) is 1. The molecule has 0 aromatic carbocycles. The molecule has 2 aliphatic rings. The molecule has 11 heavy (non-hydrogen) atoms. The summed E-state index contributed by atoms with van der Waals surface area (Å²) in [6.45, 7) is 2.24. The van der Waals surface area contributed by atoms with Crippen LogP contribution in [-0.2, 0) is 4.74 Å². The summed E-state index contributed by atoms with van der Waals surface area (Å²) in [5.74, 6) is 0.878. The van der Waals surface area contributed by atoms with Crippen molar-refractivity contribution in [1.82, 2.24) is 5.32 Å². The van der Waals surface area contributed by atoms with Gasteiger partial charge in [-0.1, -0.05) is 0 Å². The van der Waals surface area contributed by atoms with Gasteiger partial charge in [0.25, 0.3) is 0 Å². The third kappa shape index (κ3) is 1.92. The Bertz CT molecular complexity index is 136. The number of rotatable bonds is 3. The summed E-state index contributed by atoms with van der Waals surface area (Å²) in [7, 11) is 0. The fourth-order valence-corrected chi connectivity index (χ4v) is 1.38. The molecule has 0 amide bonds. The zero-order valence-corrected chi connectivity index (χ0v) is 6.62. The third-order valence-electron chi connectivity index (χ3n) is 2.42. The average molecular weight is 157 g/mol. The summed E-state index contributed by atoms with van der Waals surface area (Å²) < 4.78 is 5.11. The molecule has 0 radical (unpaired) electrons. The standard InChI is InChI=1S/C8H15NO2/c10-8-5-11-4-7(8)9-3-6-1-2-6/h6-10H,1-5H2/t7-,8-/m1/s1. The van der Waals surface area contributed by atoms with Crippen LogP contribution in [0.1, 0.15) is 12.8 Å². The monoisotopic (exact) mass is 157 g/mol. The van der Waals surface area contributed by atoms with E-state index in [9.17, 15) is 5.11 Å². The highest BCUT2D eigenvalue weighted by Crippen LogP contribution is 2.27. The molecule has 64 valence electrons. The first-order chi connectivity index (χ1) is 5.36. The highest BCUT2D eigenvalue weighted by molar-refractivity contribution is 4.84. The largest absolute Gasteiger partial charge is 0.389 e. The lowest BCUT2D eigenvalue weighted by molar-refractivity contribution is 0.122. The lowest BCUT2D eigenvalue weighted by atomic mass is 10.2. The normalized spacial score (nSPS) is 37.9. The molecule has 3 heteroatoms. The van der Waals surface area contributed by atoms with Crippen LogP contribution in [0.25, 0.3) is 0 Å². The molecule has 0 bridgehead atoms. The van der Waals surface area contributed by atoms with Gasteiger partial charge < -0.3 is 15.2 Å². The molecule has 0 aromatic rings. The summed E-state index contributed by atoms with van der Waals surface area (Å²) >= 11 is 0. The minimum atomic E-state index is -0.284. The maximum Gasteiger partial charge on any atom is 0.0948 e. The number of hydrogen-bond acceptors (Lipinski definition) is 3. The Kier molecular flexibility index (Phi) is 2.11. The first-order valence-electron chi connectivity index (χ1n) is 4.35. The van der Waals surface area contributed by atoms with E-state index in [1.54, 1.807) is 0 Å². The second-order valence-corrected chi connectivity index (χ2v) is 3.56. The Labute approximate surface area is 66.7 Å². The second-order valence-electron chi connectivity index (χ2n) is 3.56. The zero-order valence-electron chi connectivity index (χ0n) is 6.62. The van der Waals surface area contributed by atoms with Gasteiger partial charge in [-0.3, -0.25) is 0 Å². The lowest BCUT2D eigenvalue weighted by Crippen LogP contribution is -2.39. The van der Waals surface area contributed by atoms with Crippen LogP contribution in [0.15, 0.2) is 0 Å². The van der Waals surface area contributed by atoms with Crippen LogP contribution in [0.2, 0.25) is 0 Å². The van der Waals surface area contributed by atoms with E-state index in [-0.39, 0.29) is 12.1 Å². The molecule has 1 heterocycles. The van der Waals surface area contributed by atoms with E-state index in [0.29, 0.717) is 13.2 Å². The molecular weight excluding hydrogens is 142 g/mol. The van der Waals surface area contributed by atoms with Gasteiger partial charge in [0.2, 0.25) is 0 Å². The Hall–Kier alpha value is -0.120. The van der Waals surface area contributed by atoms with Crippen molar-refractivity contribution >= 4 is 0 Å². The molecule has 0 unspecified atom stereocenters. The molecule has 3 nitrogen and oxygen atoms in total. The predicted octanol–water partition coefficient (Wildman–Crippen LogP) is -0.254. The fraction of sp³-hybridized carbons (Fsp3) is 1.00. The predicted molar refractivity (Wildman–Crippen MR) is 41.3 cm³/mol. The molecule has 2 fully saturated rings. The summed E-state index contributed by atoms with van der Waals surface area (Å²) in [5, 5.41) is 12.7. The maximum absolute atomic E-state index is 9.33. The quantitative estimate of drug-likeness (QED) is 0.593. The van der Waals surface area contributed by atoms with E-state index in [4.69, 9.17) is 4.74 Å². The van der Waals surface area contributed by atoms with Gasteiger partial charge in [0.15, 0.2) is 0 Å². The van der Waals surface area contributed by atoms with Gasteiger partial charge in [-0.15, -0.1) is 0 Å². The number of nitrogens with one attached hydrogen (secondary N) is 1. The Balaban J connectivity index is 1.67. The lowest BCUT2D eigenvalue weighted by Gasteiger charge is -2.13. The van der Waals surface area contributed by atoms with Gasteiger partial charge in [-0.2, -0.15) is 0 Å². The van der Waals surface area contributed by atoms with Crippen LogP contribution >= 0.6 is 0 Å². The van der Waals surface area contributed by atoms with E-state index in [2.05, 4.69) is 5.32 Å². The van der Waals surface area contributed by atoms with Gasteiger partial charge in [0.1, 0.15) is 0 Å². The highest BCUT2D eigenvalue weighted by atomic mass is 16.5. The fourth-order valence-electron chi connectivity index (χ4n) is 1.38. The van der Waals surface area contributed by atoms with Gasteiger partial charge in [-0.05, 0) is 25.3 Å². The van der Waals surface area contributed by atoms with Crippen molar-refractivity contribution in [3.63, 3.8) is 0 Å². The molecule has 2 N–H and O–H groups in total. The molecule has 1 aliphatic heterocycles. The molecule has 2 atom stereocenters. The first kappa shape index (κ1) is 7.53. The van der Waals surface area contributed by atoms with E-state index in [1.165, 1.54) is 12.8 Å². The molecule has 0 aromatic heterocycles. The number of aliphatic hydroxyl groups is 1. The maximum atomic E-state index is 9.33. The van der Waals surface area contributed by atoms with E-state index in [0.717, 1.165) is 12.5 Å². The van der Waals surface area contributed by atoms with Crippen LogP contribution in [0.5, 0.6) is 0 Å². The first-order valence-corrected chi connectivity index (χ1v) is 4.35. The van der Waals surface area contributed by atoms with Crippen molar-refractivity contribution in [1.29, 1.82) is 0 Å². The summed E-state index contributed by atoms with van der Waals surface area (Å²) in [5.41, 5.74) is 0. The summed E-state index contributed by atoms with van der Waals surface area (Å²) in [6, 6.07) is 0.190. The van der Waals surface area contributed by atoms with Crippen molar-refractivity contribution in [3.05, 3.63) is 0 Å². The smallest absolute Gasteiger partial charge is 0.0948 e. The Morgan fingerprint density at radius 3 is 2.73 bits per heavy atom. The molecule has 1 saturated heterocycles. The summed E-state index contributed by atoms with van der Waals surface area (Å²) in [4.78, 5) is 0. The van der Waals surface area contributed by atoms with Gasteiger partial charge >= 0.3 is 0 Å². The van der Waals surface area contributed by atoms with Crippen molar-refractivity contribution in [2.45, 2.75) is 25.0 Å². The van der Waals surface area contributed by atoms with Crippen LogP contribution in [0.3, 0.4) is 0 Å². The van der Waals surface area contributed by atoms with Gasteiger partial charge in [-0.25, -0.2) is 0 Å². The minimum absolute atomic E-state index is 0.190. The molecule has 0 spiro atoms. The minimum Gasteiger partial charge on any atom is -0.389 e.